The van der Waals surface area contributed by atoms with Crippen molar-refractivity contribution in [3.8, 4) is 0 Å². The molecule has 1 unspecified atom stereocenters. The summed E-state index contributed by atoms with van der Waals surface area (Å²) in [7, 11) is 0. The number of primary amides is 1. The number of carbonyl (C=O) groups is 3. The second kappa shape index (κ2) is 7.89. The van der Waals surface area contributed by atoms with E-state index in [1.54, 1.807) is 4.90 Å². The van der Waals surface area contributed by atoms with Crippen molar-refractivity contribution < 1.29 is 14.4 Å². The Morgan fingerprint density at radius 2 is 1.63 bits per heavy atom. The van der Waals surface area contributed by atoms with Gasteiger partial charge in [0.05, 0.1) is 19.1 Å². The van der Waals surface area contributed by atoms with Crippen LogP contribution in [0.2, 0.25) is 0 Å². The molecule has 19 heavy (non-hydrogen) atoms. The van der Waals surface area contributed by atoms with Gasteiger partial charge < -0.3 is 11.1 Å². The van der Waals surface area contributed by atoms with Crippen LogP contribution < -0.4 is 11.1 Å². The summed E-state index contributed by atoms with van der Waals surface area (Å²) < 4.78 is 0. The van der Waals surface area contributed by atoms with E-state index in [2.05, 4.69) is 5.32 Å². The van der Waals surface area contributed by atoms with E-state index in [1.807, 2.05) is 27.7 Å². The van der Waals surface area contributed by atoms with Gasteiger partial charge in [0.25, 0.3) is 0 Å². The monoisotopic (exact) mass is 271 g/mol. The molecular formula is C13H25N3O3. The van der Waals surface area contributed by atoms with Crippen LogP contribution in [0.25, 0.3) is 0 Å². The molecule has 0 bridgehead atoms. The first-order valence-electron chi connectivity index (χ1n) is 6.47. The van der Waals surface area contributed by atoms with E-state index in [4.69, 9.17) is 5.73 Å². The zero-order valence-electron chi connectivity index (χ0n) is 12.4. The lowest BCUT2D eigenvalue weighted by Gasteiger charge is -2.26. The number of ketones is 1. The lowest BCUT2D eigenvalue weighted by Crippen LogP contribution is -2.50. The van der Waals surface area contributed by atoms with Crippen molar-refractivity contribution in [2.24, 2.45) is 11.7 Å². The van der Waals surface area contributed by atoms with Gasteiger partial charge in [-0.2, -0.15) is 0 Å². The zero-order chi connectivity index (χ0) is 15.2. The number of rotatable bonds is 8. The number of amides is 2. The molecule has 0 fully saturated rings. The highest BCUT2D eigenvalue weighted by Gasteiger charge is 2.22. The molecule has 6 nitrogen and oxygen atoms in total. The smallest absolute Gasteiger partial charge is 0.234 e. The Morgan fingerprint density at radius 1 is 1.11 bits per heavy atom. The van der Waals surface area contributed by atoms with Crippen molar-refractivity contribution in [3.63, 3.8) is 0 Å². The van der Waals surface area contributed by atoms with Crippen molar-refractivity contribution in [1.82, 2.24) is 10.2 Å². The molecule has 1 atom stereocenters. The van der Waals surface area contributed by atoms with Gasteiger partial charge in [-0.25, -0.2) is 0 Å². The molecular weight excluding hydrogens is 246 g/mol. The first-order chi connectivity index (χ1) is 8.65. The maximum atomic E-state index is 11.9. The van der Waals surface area contributed by atoms with E-state index in [-0.39, 0.29) is 36.7 Å². The molecule has 0 saturated heterocycles. The lowest BCUT2D eigenvalue weighted by atomic mass is 10.0. The van der Waals surface area contributed by atoms with Gasteiger partial charge in [0.15, 0.2) is 5.78 Å². The standard InChI is InChI=1S/C13H25N3O3/c1-8(2)13(10(5)17)15-12(19)7-16(9(3)4)6-11(14)18/h8-9,13H,6-7H2,1-5H3,(H2,14,18)(H,15,19). The highest BCUT2D eigenvalue weighted by atomic mass is 16.2. The maximum absolute atomic E-state index is 11.9. The summed E-state index contributed by atoms with van der Waals surface area (Å²) in [5.41, 5.74) is 5.14. The zero-order valence-corrected chi connectivity index (χ0v) is 12.4. The highest BCUT2D eigenvalue weighted by Crippen LogP contribution is 2.03. The van der Waals surface area contributed by atoms with Gasteiger partial charge in [0.2, 0.25) is 11.8 Å². The maximum Gasteiger partial charge on any atom is 0.234 e. The number of nitrogens with zero attached hydrogens (tertiary/aromatic N) is 1. The van der Waals surface area contributed by atoms with Crippen LogP contribution in [0.4, 0.5) is 0 Å². The van der Waals surface area contributed by atoms with Crippen molar-refractivity contribution in [1.29, 1.82) is 0 Å². The van der Waals surface area contributed by atoms with Crippen LogP contribution in [-0.2, 0) is 14.4 Å². The van der Waals surface area contributed by atoms with Gasteiger partial charge >= 0.3 is 0 Å². The summed E-state index contributed by atoms with van der Waals surface area (Å²) in [5.74, 6) is -0.795. The van der Waals surface area contributed by atoms with Crippen LogP contribution in [0, 0.1) is 5.92 Å². The molecule has 0 aliphatic carbocycles. The van der Waals surface area contributed by atoms with E-state index in [9.17, 15) is 14.4 Å². The molecule has 0 aliphatic heterocycles. The molecule has 0 heterocycles. The quantitative estimate of drug-likeness (QED) is 0.645. The first kappa shape index (κ1) is 17.6. The minimum absolute atomic E-state index is 0.0214. The molecule has 0 aromatic rings. The number of hydrogen-bond acceptors (Lipinski definition) is 4. The van der Waals surface area contributed by atoms with Crippen LogP contribution >= 0.6 is 0 Å². The molecule has 0 radical (unpaired) electrons. The Morgan fingerprint density at radius 3 is 1.95 bits per heavy atom. The number of hydrogen-bond donors (Lipinski definition) is 2. The Kier molecular flexibility index (Phi) is 7.29. The van der Waals surface area contributed by atoms with Crippen molar-refractivity contribution in [2.75, 3.05) is 13.1 Å². The molecule has 3 N–H and O–H groups in total. The fraction of sp³-hybridized carbons (Fsp3) is 0.769. The van der Waals surface area contributed by atoms with Crippen molar-refractivity contribution >= 4 is 17.6 Å². The third kappa shape index (κ3) is 6.91. The van der Waals surface area contributed by atoms with Crippen LogP contribution in [0.15, 0.2) is 0 Å². The van der Waals surface area contributed by atoms with Crippen LogP contribution in [0.3, 0.4) is 0 Å². The average molecular weight is 271 g/mol. The largest absolute Gasteiger partial charge is 0.369 e. The van der Waals surface area contributed by atoms with Gasteiger partial charge in [0.1, 0.15) is 0 Å². The molecule has 0 saturated carbocycles. The van der Waals surface area contributed by atoms with Crippen LogP contribution in [0.1, 0.15) is 34.6 Å². The van der Waals surface area contributed by atoms with Crippen LogP contribution in [0.5, 0.6) is 0 Å². The highest BCUT2D eigenvalue weighted by molar-refractivity contribution is 5.88. The Bertz CT molecular complexity index is 340. The predicted octanol–water partition coefficient (Wildman–Crippen LogP) is -0.0881. The second-order valence-electron chi connectivity index (χ2n) is 5.36. The summed E-state index contributed by atoms with van der Waals surface area (Å²) in [6.45, 7) is 9.03. The lowest BCUT2D eigenvalue weighted by molar-refractivity contribution is -0.129. The minimum atomic E-state index is -0.491. The molecule has 110 valence electrons. The van der Waals surface area contributed by atoms with E-state index >= 15 is 0 Å². The molecule has 0 aromatic carbocycles. The van der Waals surface area contributed by atoms with E-state index in [0.717, 1.165) is 0 Å². The molecule has 2 amide bonds. The van der Waals surface area contributed by atoms with Gasteiger partial charge in [0, 0.05) is 6.04 Å². The third-order valence-electron chi connectivity index (χ3n) is 2.86. The van der Waals surface area contributed by atoms with Gasteiger partial charge in [-0.05, 0) is 26.7 Å². The van der Waals surface area contributed by atoms with Crippen LogP contribution in [-0.4, -0.2) is 47.7 Å². The van der Waals surface area contributed by atoms with E-state index in [1.165, 1.54) is 6.92 Å². The van der Waals surface area contributed by atoms with Gasteiger partial charge in [-0.15, -0.1) is 0 Å². The number of nitrogens with two attached hydrogens (primary N) is 1. The first-order valence-corrected chi connectivity index (χ1v) is 6.47. The number of nitrogens with one attached hydrogen (secondary N) is 1. The summed E-state index contributed by atoms with van der Waals surface area (Å²) in [6, 6.07) is -0.469. The van der Waals surface area contributed by atoms with E-state index in [0.29, 0.717) is 0 Å². The minimum Gasteiger partial charge on any atom is -0.369 e. The average Bonchev–Trinajstić information content (AvgIpc) is 2.23. The fourth-order valence-electron chi connectivity index (χ4n) is 1.76. The fourth-order valence-corrected chi connectivity index (χ4v) is 1.76. The molecule has 6 heteroatoms. The number of Topliss-reactive ketones (excluding diaryl/α,β-unsaturated/α-hetero) is 1. The van der Waals surface area contributed by atoms with Gasteiger partial charge in [-0.1, -0.05) is 13.8 Å². The summed E-state index contributed by atoms with van der Waals surface area (Å²) in [4.78, 5) is 35.9. The van der Waals surface area contributed by atoms with Crippen molar-refractivity contribution in [3.05, 3.63) is 0 Å². The normalized spacial score (nSPS) is 12.8. The Labute approximate surface area is 114 Å². The predicted molar refractivity (Wildman–Crippen MR) is 73.4 cm³/mol. The molecule has 0 rings (SSSR count). The summed E-state index contributed by atoms with van der Waals surface area (Å²) in [5, 5.41) is 2.69. The Balaban J connectivity index is 4.56. The number of carbonyl (C=O) groups excluding carboxylic acids is 3. The summed E-state index contributed by atoms with van der Waals surface area (Å²) >= 11 is 0. The third-order valence-corrected chi connectivity index (χ3v) is 2.86. The molecule has 0 aliphatic rings. The SMILES string of the molecule is CC(=O)C(NC(=O)CN(CC(N)=O)C(C)C)C(C)C. The molecule has 0 spiro atoms. The second-order valence-corrected chi connectivity index (χ2v) is 5.36. The van der Waals surface area contributed by atoms with E-state index < -0.39 is 11.9 Å². The van der Waals surface area contributed by atoms with Crippen molar-refractivity contribution in [2.45, 2.75) is 46.7 Å². The Hall–Kier alpha value is -1.43. The molecule has 0 aromatic heterocycles. The van der Waals surface area contributed by atoms with Gasteiger partial charge in [-0.3, -0.25) is 19.3 Å². The summed E-state index contributed by atoms with van der Waals surface area (Å²) in [6.07, 6.45) is 0. The topological polar surface area (TPSA) is 92.5 Å².